The Kier molecular flexibility index (Phi) is 5.71. The molecule has 5 nitrogen and oxygen atoms in total. The van der Waals surface area contributed by atoms with E-state index in [1.165, 1.54) is 35.2 Å². The highest BCUT2D eigenvalue weighted by atomic mass is 35.5. The first-order valence-corrected chi connectivity index (χ1v) is 10.6. The second-order valence-electron chi connectivity index (χ2n) is 7.74. The number of phenols is 1. The average Bonchev–Trinajstić information content (AvgIpc) is 3.00. The van der Waals surface area contributed by atoms with Crippen molar-refractivity contribution in [3.63, 3.8) is 0 Å². The molecule has 1 amide bonds. The van der Waals surface area contributed by atoms with E-state index in [9.17, 15) is 19.8 Å². The van der Waals surface area contributed by atoms with Crippen molar-refractivity contribution in [1.29, 1.82) is 0 Å². The fourth-order valence-electron chi connectivity index (χ4n) is 3.96. The molecule has 1 aliphatic rings. The van der Waals surface area contributed by atoms with Crippen LogP contribution in [0.2, 0.25) is 10.0 Å². The van der Waals surface area contributed by atoms with Crippen LogP contribution in [0.4, 0.5) is 5.69 Å². The van der Waals surface area contributed by atoms with Crippen LogP contribution in [0.5, 0.6) is 5.75 Å². The van der Waals surface area contributed by atoms with Gasteiger partial charge < -0.3 is 10.2 Å². The van der Waals surface area contributed by atoms with Gasteiger partial charge in [-0.2, -0.15) is 0 Å². The van der Waals surface area contributed by atoms with Crippen LogP contribution < -0.4 is 4.90 Å². The third-order valence-electron chi connectivity index (χ3n) is 5.33. The van der Waals surface area contributed by atoms with Crippen LogP contribution in [0.3, 0.4) is 0 Å². The van der Waals surface area contributed by atoms with Crippen molar-refractivity contribution in [2.75, 3.05) is 4.90 Å². The van der Waals surface area contributed by atoms with E-state index in [0.29, 0.717) is 16.3 Å². The summed E-state index contributed by atoms with van der Waals surface area (Å²) in [6, 6.07) is 15.3. The van der Waals surface area contributed by atoms with Gasteiger partial charge in [0.25, 0.3) is 11.7 Å². The highest BCUT2D eigenvalue weighted by molar-refractivity contribution is 6.51. The number of hydrogen-bond donors (Lipinski definition) is 2. The predicted molar refractivity (Wildman–Crippen MR) is 125 cm³/mol. The molecular weight excluding hydrogens is 449 g/mol. The number of aromatic hydroxyl groups is 1. The zero-order chi connectivity index (χ0) is 23.2. The summed E-state index contributed by atoms with van der Waals surface area (Å²) >= 11 is 12.1. The molecule has 1 fully saturated rings. The summed E-state index contributed by atoms with van der Waals surface area (Å²) in [5.74, 6) is -1.88. The predicted octanol–water partition coefficient (Wildman–Crippen LogP) is 5.94. The molecule has 3 aromatic carbocycles. The van der Waals surface area contributed by atoms with Crippen molar-refractivity contribution in [3.05, 3.63) is 98.5 Å². The first-order chi connectivity index (χ1) is 15.2. The fourth-order valence-corrected chi connectivity index (χ4v) is 4.26. The minimum absolute atomic E-state index is 0.0431. The topological polar surface area (TPSA) is 77.8 Å². The van der Waals surface area contributed by atoms with Crippen LogP contribution in [0.1, 0.15) is 28.3 Å². The number of aryl methyl sites for hydroxylation is 2. The van der Waals surface area contributed by atoms with Crippen molar-refractivity contribution in [3.8, 4) is 5.75 Å². The number of halogens is 2. The Bertz CT molecular complexity index is 1260. The monoisotopic (exact) mass is 467 g/mol. The van der Waals surface area contributed by atoms with Gasteiger partial charge in [0, 0.05) is 11.3 Å². The summed E-state index contributed by atoms with van der Waals surface area (Å²) in [5, 5.41) is 21.4. The van der Waals surface area contributed by atoms with E-state index >= 15 is 0 Å². The third kappa shape index (κ3) is 3.85. The number of nitrogens with zero attached hydrogens (tertiary/aromatic N) is 1. The lowest BCUT2D eigenvalue weighted by atomic mass is 9.95. The van der Waals surface area contributed by atoms with Gasteiger partial charge in [0.1, 0.15) is 11.5 Å². The van der Waals surface area contributed by atoms with Crippen LogP contribution in [0, 0.1) is 13.8 Å². The van der Waals surface area contributed by atoms with Gasteiger partial charge in [0.2, 0.25) is 0 Å². The van der Waals surface area contributed by atoms with Gasteiger partial charge in [-0.3, -0.25) is 14.5 Å². The number of aliphatic hydroxyl groups is 1. The van der Waals surface area contributed by atoms with Gasteiger partial charge in [-0.05, 0) is 73.0 Å². The quantitative estimate of drug-likeness (QED) is 0.283. The van der Waals surface area contributed by atoms with E-state index in [1.807, 2.05) is 32.0 Å². The first kappa shape index (κ1) is 21.9. The van der Waals surface area contributed by atoms with Crippen molar-refractivity contribution < 1.29 is 19.8 Å². The Hall–Kier alpha value is -3.28. The molecule has 4 rings (SSSR count). The number of carbonyl (C=O) groups is 2. The van der Waals surface area contributed by atoms with Crippen molar-refractivity contribution in [2.45, 2.75) is 19.9 Å². The summed E-state index contributed by atoms with van der Waals surface area (Å²) in [4.78, 5) is 27.7. The normalized spacial score (nSPS) is 17.8. The van der Waals surface area contributed by atoms with Crippen LogP contribution in [0.15, 0.2) is 66.2 Å². The van der Waals surface area contributed by atoms with E-state index < -0.39 is 17.7 Å². The van der Waals surface area contributed by atoms with E-state index in [1.54, 1.807) is 12.1 Å². The summed E-state index contributed by atoms with van der Waals surface area (Å²) < 4.78 is 0. The molecule has 1 unspecified atom stereocenters. The average molecular weight is 468 g/mol. The molecule has 0 spiro atoms. The lowest BCUT2D eigenvalue weighted by Crippen LogP contribution is -2.29. The second-order valence-corrected chi connectivity index (χ2v) is 8.55. The Labute approximate surface area is 195 Å². The van der Waals surface area contributed by atoms with Gasteiger partial charge in [0.05, 0.1) is 21.7 Å². The number of phenolic OH excluding ortho intramolecular Hbond substituents is 1. The smallest absolute Gasteiger partial charge is 0.300 e. The molecule has 162 valence electrons. The molecule has 0 radical (unpaired) electrons. The van der Waals surface area contributed by atoms with Crippen LogP contribution >= 0.6 is 23.2 Å². The van der Waals surface area contributed by atoms with E-state index in [0.717, 1.165) is 11.1 Å². The summed E-state index contributed by atoms with van der Waals surface area (Å²) in [5.41, 5.74) is 3.14. The summed E-state index contributed by atoms with van der Waals surface area (Å²) in [6.07, 6.45) is 0. The maximum absolute atomic E-state index is 13.2. The SMILES string of the molecule is Cc1cc(C)cc(N2C(=O)C(=O)/C(=C(\O)c3ccc(Cl)c(Cl)c3)C2c2ccc(O)cc2)c1. The van der Waals surface area contributed by atoms with Gasteiger partial charge >= 0.3 is 0 Å². The van der Waals surface area contributed by atoms with E-state index in [-0.39, 0.29) is 27.7 Å². The van der Waals surface area contributed by atoms with Crippen LogP contribution in [-0.2, 0) is 9.59 Å². The lowest BCUT2D eigenvalue weighted by Gasteiger charge is -2.26. The number of carbonyl (C=O) groups excluding carboxylic acids is 2. The molecule has 7 heteroatoms. The molecule has 3 aromatic rings. The minimum atomic E-state index is -0.897. The van der Waals surface area contributed by atoms with Gasteiger partial charge in [-0.1, -0.05) is 41.4 Å². The molecule has 0 saturated carbocycles. The Morgan fingerprint density at radius 1 is 0.875 bits per heavy atom. The fraction of sp³-hybridized carbons (Fsp3) is 0.120. The van der Waals surface area contributed by atoms with Crippen molar-refractivity contribution in [1.82, 2.24) is 0 Å². The number of benzene rings is 3. The Morgan fingerprint density at radius 3 is 2.09 bits per heavy atom. The van der Waals surface area contributed by atoms with Gasteiger partial charge in [0.15, 0.2) is 0 Å². The van der Waals surface area contributed by atoms with Gasteiger partial charge in [-0.15, -0.1) is 0 Å². The molecule has 1 aliphatic heterocycles. The molecule has 0 bridgehead atoms. The molecule has 1 heterocycles. The lowest BCUT2D eigenvalue weighted by molar-refractivity contribution is -0.132. The Balaban J connectivity index is 1.97. The van der Waals surface area contributed by atoms with Crippen LogP contribution in [0.25, 0.3) is 5.76 Å². The largest absolute Gasteiger partial charge is 0.508 e. The molecule has 0 aromatic heterocycles. The molecule has 32 heavy (non-hydrogen) atoms. The standard InChI is InChI=1S/C25H19Cl2NO4/c1-13-9-14(2)11-17(10-13)28-22(15-3-6-18(29)7-4-15)21(24(31)25(28)32)23(30)16-5-8-19(26)20(27)12-16/h3-12,22,29-30H,1-2H3/b23-21-. The summed E-state index contributed by atoms with van der Waals surface area (Å²) in [6.45, 7) is 3.80. The third-order valence-corrected chi connectivity index (χ3v) is 6.07. The number of aliphatic hydroxyl groups excluding tert-OH is 1. The van der Waals surface area contributed by atoms with Gasteiger partial charge in [-0.25, -0.2) is 0 Å². The first-order valence-electron chi connectivity index (χ1n) is 9.81. The van der Waals surface area contributed by atoms with E-state index in [4.69, 9.17) is 23.2 Å². The summed E-state index contributed by atoms with van der Waals surface area (Å²) in [7, 11) is 0. The molecule has 2 N–H and O–H groups in total. The number of rotatable bonds is 3. The number of hydrogen-bond acceptors (Lipinski definition) is 4. The van der Waals surface area contributed by atoms with E-state index in [2.05, 4.69) is 0 Å². The number of Topliss-reactive ketones (excluding diaryl/α,β-unsaturated/α-hetero) is 1. The molecular formula is C25H19Cl2NO4. The molecule has 1 saturated heterocycles. The number of ketones is 1. The number of amides is 1. The Morgan fingerprint density at radius 2 is 1.50 bits per heavy atom. The zero-order valence-electron chi connectivity index (χ0n) is 17.3. The minimum Gasteiger partial charge on any atom is -0.508 e. The van der Waals surface area contributed by atoms with Crippen LogP contribution in [-0.4, -0.2) is 21.9 Å². The molecule has 1 atom stereocenters. The maximum Gasteiger partial charge on any atom is 0.300 e. The van der Waals surface area contributed by atoms with Crippen molar-refractivity contribution in [2.24, 2.45) is 0 Å². The second kappa shape index (κ2) is 8.34. The highest BCUT2D eigenvalue weighted by Crippen LogP contribution is 2.43. The molecule has 0 aliphatic carbocycles. The number of anilines is 1. The maximum atomic E-state index is 13.2. The zero-order valence-corrected chi connectivity index (χ0v) is 18.8. The highest BCUT2D eigenvalue weighted by Gasteiger charge is 2.47. The van der Waals surface area contributed by atoms with Crippen molar-refractivity contribution >= 4 is 46.3 Å².